The summed E-state index contributed by atoms with van der Waals surface area (Å²) < 4.78 is 0. The number of nitro benzene ring substituents is 1. The van der Waals surface area contributed by atoms with Crippen LogP contribution in [0.1, 0.15) is 25.8 Å². The predicted octanol–water partition coefficient (Wildman–Crippen LogP) is 2.48. The molecular formula is C12H18N2O3. The molecule has 0 spiro atoms. The molecule has 0 heterocycles. The largest absolute Gasteiger partial charge is 0.396 e. The topological polar surface area (TPSA) is 75.4 Å². The van der Waals surface area contributed by atoms with Gasteiger partial charge in [0.15, 0.2) is 0 Å². The van der Waals surface area contributed by atoms with E-state index >= 15 is 0 Å². The van der Waals surface area contributed by atoms with Crippen LogP contribution in [0.3, 0.4) is 0 Å². The Balaban J connectivity index is 2.90. The summed E-state index contributed by atoms with van der Waals surface area (Å²) in [5, 5.41) is 22.8. The first kappa shape index (κ1) is 13.4. The van der Waals surface area contributed by atoms with Gasteiger partial charge in [-0.1, -0.05) is 0 Å². The monoisotopic (exact) mass is 238 g/mol. The Bertz CT molecular complexity index is 416. The molecule has 0 aliphatic carbocycles. The van der Waals surface area contributed by atoms with Crippen molar-refractivity contribution in [3.05, 3.63) is 33.9 Å². The highest BCUT2D eigenvalue weighted by Crippen LogP contribution is 2.25. The normalized spacial score (nSPS) is 11.3. The highest BCUT2D eigenvalue weighted by Gasteiger charge is 2.18. The van der Waals surface area contributed by atoms with E-state index in [1.54, 1.807) is 6.07 Å². The zero-order chi connectivity index (χ0) is 13.1. The average Bonchev–Trinajstić information content (AvgIpc) is 2.20. The predicted molar refractivity (Wildman–Crippen MR) is 67.2 cm³/mol. The molecule has 0 aliphatic heterocycles. The highest BCUT2D eigenvalue weighted by molar-refractivity contribution is 5.56. The van der Waals surface area contributed by atoms with Crippen molar-refractivity contribution < 1.29 is 10.0 Å². The van der Waals surface area contributed by atoms with E-state index in [1.165, 1.54) is 12.1 Å². The maximum absolute atomic E-state index is 10.6. The number of nitrogens with one attached hydrogen (secondary N) is 1. The summed E-state index contributed by atoms with van der Waals surface area (Å²) in [5.74, 6) is 0. The molecule has 0 radical (unpaired) electrons. The average molecular weight is 238 g/mol. The van der Waals surface area contributed by atoms with Crippen LogP contribution in [0.25, 0.3) is 0 Å². The lowest BCUT2D eigenvalue weighted by atomic mass is 10.00. The first-order valence-corrected chi connectivity index (χ1v) is 5.50. The van der Waals surface area contributed by atoms with Crippen LogP contribution < -0.4 is 5.32 Å². The molecule has 17 heavy (non-hydrogen) atoms. The van der Waals surface area contributed by atoms with Gasteiger partial charge in [-0.05, 0) is 38.8 Å². The Hall–Kier alpha value is -1.62. The van der Waals surface area contributed by atoms with Gasteiger partial charge in [-0.3, -0.25) is 10.1 Å². The van der Waals surface area contributed by atoms with E-state index in [9.17, 15) is 10.1 Å². The number of rotatable bonds is 5. The molecule has 5 nitrogen and oxygen atoms in total. The van der Waals surface area contributed by atoms with E-state index in [-0.39, 0.29) is 17.8 Å². The maximum atomic E-state index is 10.6. The minimum absolute atomic E-state index is 0.0908. The molecule has 0 atom stereocenters. The molecule has 94 valence electrons. The quantitative estimate of drug-likeness (QED) is 0.610. The second kappa shape index (κ2) is 5.14. The summed E-state index contributed by atoms with van der Waals surface area (Å²) >= 11 is 0. The van der Waals surface area contributed by atoms with Gasteiger partial charge in [0.05, 0.1) is 4.92 Å². The number of benzene rings is 1. The van der Waals surface area contributed by atoms with E-state index in [2.05, 4.69) is 5.32 Å². The molecule has 1 aromatic rings. The Morgan fingerprint density at radius 2 is 2.12 bits per heavy atom. The lowest BCUT2D eigenvalue weighted by Gasteiger charge is -2.27. The van der Waals surface area contributed by atoms with Crippen LogP contribution in [0.15, 0.2) is 18.2 Å². The molecule has 0 amide bonds. The molecule has 2 N–H and O–H groups in total. The Morgan fingerprint density at radius 3 is 2.59 bits per heavy atom. The Morgan fingerprint density at radius 1 is 1.47 bits per heavy atom. The van der Waals surface area contributed by atoms with Crippen molar-refractivity contribution in [3.63, 3.8) is 0 Å². The number of hydrogen-bond acceptors (Lipinski definition) is 4. The number of aliphatic hydroxyl groups excluding tert-OH is 1. The van der Waals surface area contributed by atoms with Crippen LogP contribution in [-0.2, 0) is 0 Å². The van der Waals surface area contributed by atoms with E-state index in [4.69, 9.17) is 5.11 Å². The molecule has 0 unspecified atom stereocenters. The minimum Gasteiger partial charge on any atom is -0.396 e. The van der Waals surface area contributed by atoms with Crippen LogP contribution >= 0.6 is 0 Å². The minimum atomic E-state index is -0.407. The van der Waals surface area contributed by atoms with Crippen molar-refractivity contribution in [1.29, 1.82) is 0 Å². The van der Waals surface area contributed by atoms with Gasteiger partial charge in [-0.15, -0.1) is 0 Å². The smallest absolute Gasteiger partial charge is 0.269 e. The summed E-state index contributed by atoms with van der Waals surface area (Å²) in [4.78, 5) is 10.2. The van der Waals surface area contributed by atoms with Crippen molar-refractivity contribution in [1.82, 2.24) is 0 Å². The van der Waals surface area contributed by atoms with Gasteiger partial charge in [-0.2, -0.15) is 0 Å². The van der Waals surface area contributed by atoms with Gasteiger partial charge in [-0.25, -0.2) is 0 Å². The Labute approximate surface area is 101 Å². The number of nitro groups is 1. The van der Waals surface area contributed by atoms with Crippen molar-refractivity contribution in [2.45, 2.75) is 32.7 Å². The van der Waals surface area contributed by atoms with Gasteiger partial charge < -0.3 is 10.4 Å². The zero-order valence-corrected chi connectivity index (χ0v) is 10.4. The molecule has 0 aromatic heterocycles. The fourth-order valence-corrected chi connectivity index (χ4v) is 1.61. The first-order chi connectivity index (χ1) is 7.85. The fourth-order valence-electron chi connectivity index (χ4n) is 1.61. The fraction of sp³-hybridized carbons (Fsp3) is 0.500. The summed E-state index contributed by atoms with van der Waals surface area (Å²) in [6.45, 7) is 5.88. The summed E-state index contributed by atoms with van der Waals surface area (Å²) in [6, 6.07) is 4.72. The van der Waals surface area contributed by atoms with Crippen LogP contribution in [0, 0.1) is 17.0 Å². The van der Waals surface area contributed by atoms with Crippen LogP contribution in [0.4, 0.5) is 11.4 Å². The molecule has 0 aliphatic rings. The number of hydrogen-bond donors (Lipinski definition) is 2. The van der Waals surface area contributed by atoms with Gasteiger partial charge in [0.1, 0.15) is 0 Å². The molecule has 1 aromatic carbocycles. The molecule has 5 heteroatoms. The third-order valence-corrected chi connectivity index (χ3v) is 2.63. The molecule has 0 fully saturated rings. The molecule has 1 rings (SSSR count). The number of aryl methyl sites for hydroxylation is 1. The standard InChI is InChI=1S/C12H18N2O3/c1-9-8-10(14(16)17)4-5-11(9)13-12(2,3)6-7-15/h4-5,8,13,15H,6-7H2,1-3H3. The molecular weight excluding hydrogens is 220 g/mol. The summed E-state index contributed by atoms with van der Waals surface area (Å²) in [7, 11) is 0. The van der Waals surface area contributed by atoms with E-state index in [0.29, 0.717) is 6.42 Å². The van der Waals surface area contributed by atoms with Crippen molar-refractivity contribution in [3.8, 4) is 0 Å². The molecule has 0 saturated carbocycles. The van der Waals surface area contributed by atoms with Crippen molar-refractivity contribution >= 4 is 11.4 Å². The van der Waals surface area contributed by atoms with Gasteiger partial charge in [0.2, 0.25) is 0 Å². The summed E-state index contributed by atoms with van der Waals surface area (Å²) in [5.41, 5.74) is 1.53. The number of non-ortho nitro benzene ring substituents is 1. The number of aliphatic hydroxyl groups is 1. The van der Waals surface area contributed by atoms with Crippen LogP contribution in [0.2, 0.25) is 0 Å². The lowest BCUT2D eigenvalue weighted by Crippen LogP contribution is -2.32. The second-order valence-electron chi connectivity index (χ2n) is 4.74. The third kappa shape index (κ3) is 3.71. The maximum Gasteiger partial charge on any atom is 0.269 e. The highest BCUT2D eigenvalue weighted by atomic mass is 16.6. The SMILES string of the molecule is Cc1cc([N+](=O)[O-])ccc1NC(C)(C)CCO. The van der Waals surface area contributed by atoms with E-state index in [0.717, 1.165) is 11.3 Å². The van der Waals surface area contributed by atoms with Gasteiger partial charge in [0, 0.05) is 30.0 Å². The van der Waals surface area contributed by atoms with Crippen molar-refractivity contribution in [2.75, 3.05) is 11.9 Å². The second-order valence-corrected chi connectivity index (χ2v) is 4.74. The van der Waals surface area contributed by atoms with Gasteiger partial charge in [0.25, 0.3) is 5.69 Å². The molecule has 0 bridgehead atoms. The number of nitrogens with zero attached hydrogens (tertiary/aromatic N) is 1. The van der Waals surface area contributed by atoms with Gasteiger partial charge >= 0.3 is 0 Å². The third-order valence-electron chi connectivity index (χ3n) is 2.63. The Kier molecular flexibility index (Phi) is 4.07. The van der Waals surface area contributed by atoms with E-state index in [1.807, 2.05) is 20.8 Å². The van der Waals surface area contributed by atoms with Crippen LogP contribution in [0.5, 0.6) is 0 Å². The zero-order valence-electron chi connectivity index (χ0n) is 10.4. The van der Waals surface area contributed by atoms with Crippen LogP contribution in [-0.4, -0.2) is 22.2 Å². The van der Waals surface area contributed by atoms with E-state index < -0.39 is 4.92 Å². The number of anilines is 1. The van der Waals surface area contributed by atoms with Crippen molar-refractivity contribution in [2.24, 2.45) is 0 Å². The molecule has 0 saturated heterocycles. The first-order valence-electron chi connectivity index (χ1n) is 5.50. The lowest BCUT2D eigenvalue weighted by molar-refractivity contribution is -0.384. The summed E-state index contributed by atoms with van der Waals surface area (Å²) in [6.07, 6.45) is 0.615.